The van der Waals surface area contributed by atoms with Crippen molar-refractivity contribution in [2.75, 3.05) is 46.3 Å². The summed E-state index contributed by atoms with van der Waals surface area (Å²) in [5.74, 6) is -0.995. The molecule has 21 heavy (non-hydrogen) atoms. The van der Waals surface area contributed by atoms with Crippen LogP contribution in [0.3, 0.4) is 0 Å². The monoisotopic (exact) mass is 300 g/mol. The van der Waals surface area contributed by atoms with Gasteiger partial charge in [-0.3, -0.25) is 14.5 Å². The first kappa shape index (κ1) is 17.2. The topological polar surface area (TPSA) is 93.2 Å². The molecule has 1 aliphatic heterocycles. The molecule has 0 bridgehead atoms. The lowest BCUT2D eigenvalue weighted by Crippen LogP contribution is -2.55. The van der Waals surface area contributed by atoms with Crippen LogP contribution in [0.4, 0.5) is 4.79 Å². The molecule has 1 rings (SSSR count). The van der Waals surface area contributed by atoms with E-state index in [0.29, 0.717) is 32.7 Å². The standard InChI is InChI=1S/C13H24N4O4/c1-4-15(3)12(20)10(2)14-13(21)17-7-5-16(6-8-17)9-11(18)19/h10H,4-9H2,1-3H3,(H,14,21)(H,18,19). The molecular weight excluding hydrogens is 276 g/mol. The second-order valence-electron chi connectivity index (χ2n) is 5.18. The van der Waals surface area contributed by atoms with Crippen molar-refractivity contribution in [3.63, 3.8) is 0 Å². The van der Waals surface area contributed by atoms with Gasteiger partial charge in [-0.05, 0) is 13.8 Å². The van der Waals surface area contributed by atoms with Crippen molar-refractivity contribution in [3.05, 3.63) is 0 Å². The lowest BCUT2D eigenvalue weighted by Gasteiger charge is -2.34. The summed E-state index contributed by atoms with van der Waals surface area (Å²) >= 11 is 0. The first-order valence-corrected chi connectivity index (χ1v) is 7.09. The smallest absolute Gasteiger partial charge is 0.318 e. The summed E-state index contributed by atoms with van der Waals surface area (Å²) in [5, 5.41) is 11.4. The molecule has 0 radical (unpaired) electrons. The number of carboxylic acid groups (broad SMARTS) is 1. The molecule has 1 atom stereocenters. The number of urea groups is 1. The summed E-state index contributed by atoms with van der Waals surface area (Å²) in [6.45, 7) is 6.08. The average molecular weight is 300 g/mol. The SMILES string of the molecule is CCN(C)C(=O)C(C)NC(=O)N1CCN(CC(=O)O)CC1. The molecule has 0 aromatic rings. The van der Waals surface area contributed by atoms with Crippen LogP contribution in [0.1, 0.15) is 13.8 Å². The Morgan fingerprint density at radius 1 is 1.24 bits per heavy atom. The Kier molecular flexibility index (Phi) is 6.41. The van der Waals surface area contributed by atoms with Crippen LogP contribution in [-0.4, -0.2) is 90.1 Å². The molecule has 1 saturated heterocycles. The highest BCUT2D eigenvalue weighted by atomic mass is 16.4. The third kappa shape index (κ3) is 5.22. The molecule has 0 spiro atoms. The zero-order valence-electron chi connectivity index (χ0n) is 12.8. The van der Waals surface area contributed by atoms with E-state index in [-0.39, 0.29) is 18.5 Å². The molecule has 2 N–H and O–H groups in total. The Labute approximate surface area is 124 Å². The minimum absolute atomic E-state index is 0.00829. The molecule has 0 aliphatic carbocycles. The molecule has 3 amide bonds. The maximum Gasteiger partial charge on any atom is 0.318 e. The molecule has 1 unspecified atom stereocenters. The summed E-state index contributed by atoms with van der Waals surface area (Å²) in [7, 11) is 1.69. The number of carboxylic acids is 1. The van der Waals surface area contributed by atoms with E-state index in [2.05, 4.69) is 5.32 Å². The normalized spacial score (nSPS) is 17.2. The van der Waals surface area contributed by atoms with Gasteiger partial charge in [0.15, 0.2) is 0 Å². The zero-order valence-corrected chi connectivity index (χ0v) is 12.8. The van der Waals surface area contributed by atoms with Crippen LogP contribution >= 0.6 is 0 Å². The zero-order chi connectivity index (χ0) is 16.0. The first-order valence-electron chi connectivity index (χ1n) is 7.09. The van der Waals surface area contributed by atoms with E-state index in [9.17, 15) is 14.4 Å². The maximum atomic E-state index is 12.1. The highest BCUT2D eigenvalue weighted by Crippen LogP contribution is 2.03. The van der Waals surface area contributed by atoms with Crippen LogP contribution in [0.2, 0.25) is 0 Å². The van der Waals surface area contributed by atoms with Gasteiger partial charge in [0.2, 0.25) is 5.91 Å². The second kappa shape index (κ2) is 7.82. The molecule has 120 valence electrons. The van der Waals surface area contributed by atoms with Crippen molar-refractivity contribution < 1.29 is 19.5 Å². The van der Waals surface area contributed by atoms with Gasteiger partial charge in [-0.25, -0.2) is 4.79 Å². The van der Waals surface area contributed by atoms with Crippen molar-refractivity contribution in [3.8, 4) is 0 Å². The summed E-state index contributed by atoms with van der Waals surface area (Å²) < 4.78 is 0. The van der Waals surface area contributed by atoms with Gasteiger partial charge < -0.3 is 20.2 Å². The van der Waals surface area contributed by atoms with Gasteiger partial charge in [0.25, 0.3) is 0 Å². The molecule has 8 nitrogen and oxygen atoms in total. The van der Waals surface area contributed by atoms with Crippen LogP contribution in [0.5, 0.6) is 0 Å². The largest absolute Gasteiger partial charge is 0.480 e. The molecule has 0 aromatic carbocycles. The Bertz CT molecular complexity index is 394. The van der Waals surface area contributed by atoms with Gasteiger partial charge in [0.1, 0.15) is 6.04 Å². The lowest BCUT2D eigenvalue weighted by atomic mass is 10.3. The van der Waals surface area contributed by atoms with Gasteiger partial charge in [-0.2, -0.15) is 0 Å². The number of likely N-dealkylation sites (N-methyl/N-ethyl adjacent to an activating group) is 1. The van der Waals surface area contributed by atoms with Gasteiger partial charge in [0.05, 0.1) is 6.54 Å². The Morgan fingerprint density at radius 2 is 1.81 bits per heavy atom. The van der Waals surface area contributed by atoms with Crippen molar-refractivity contribution in [2.24, 2.45) is 0 Å². The van der Waals surface area contributed by atoms with Gasteiger partial charge in [-0.1, -0.05) is 0 Å². The fourth-order valence-corrected chi connectivity index (χ4v) is 2.13. The number of piperazine rings is 1. The third-order valence-electron chi connectivity index (χ3n) is 3.58. The van der Waals surface area contributed by atoms with E-state index in [1.54, 1.807) is 28.7 Å². The van der Waals surface area contributed by atoms with Gasteiger partial charge in [-0.15, -0.1) is 0 Å². The number of amides is 3. The minimum atomic E-state index is -0.866. The number of carbonyl (C=O) groups is 3. The molecule has 0 aromatic heterocycles. The van der Waals surface area contributed by atoms with Crippen LogP contribution < -0.4 is 5.32 Å². The van der Waals surface area contributed by atoms with Crippen molar-refractivity contribution in [1.29, 1.82) is 0 Å². The predicted octanol–water partition coefficient (Wildman–Crippen LogP) is -0.735. The Morgan fingerprint density at radius 3 is 2.29 bits per heavy atom. The summed E-state index contributed by atoms with van der Waals surface area (Å²) in [5.41, 5.74) is 0. The van der Waals surface area contributed by atoms with E-state index in [0.717, 1.165) is 0 Å². The van der Waals surface area contributed by atoms with E-state index in [4.69, 9.17) is 5.11 Å². The number of nitrogens with one attached hydrogen (secondary N) is 1. The molecule has 1 heterocycles. The maximum absolute atomic E-state index is 12.1. The number of aliphatic carboxylic acids is 1. The lowest BCUT2D eigenvalue weighted by molar-refractivity contribution is -0.138. The highest BCUT2D eigenvalue weighted by molar-refractivity contribution is 5.86. The number of rotatable bonds is 5. The average Bonchev–Trinajstić information content (AvgIpc) is 2.45. The van der Waals surface area contributed by atoms with Crippen LogP contribution in [0.25, 0.3) is 0 Å². The van der Waals surface area contributed by atoms with Crippen molar-refractivity contribution >= 4 is 17.9 Å². The molecule has 8 heteroatoms. The summed E-state index contributed by atoms with van der Waals surface area (Å²) in [6.07, 6.45) is 0. The van der Waals surface area contributed by atoms with E-state index in [1.165, 1.54) is 0 Å². The summed E-state index contributed by atoms with van der Waals surface area (Å²) in [4.78, 5) is 39.5. The molecular formula is C13H24N4O4. The Hall–Kier alpha value is -1.83. The number of hydrogen-bond acceptors (Lipinski definition) is 4. The molecule has 1 fully saturated rings. The van der Waals surface area contributed by atoms with E-state index >= 15 is 0 Å². The van der Waals surface area contributed by atoms with Crippen LogP contribution in [-0.2, 0) is 9.59 Å². The number of carbonyl (C=O) groups excluding carboxylic acids is 2. The number of hydrogen-bond donors (Lipinski definition) is 2. The van der Waals surface area contributed by atoms with Crippen LogP contribution in [0, 0.1) is 0 Å². The quantitative estimate of drug-likeness (QED) is 0.698. The first-order chi connectivity index (χ1) is 9.85. The predicted molar refractivity (Wildman–Crippen MR) is 77.0 cm³/mol. The van der Waals surface area contributed by atoms with Crippen molar-refractivity contribution in [2.45, 2.75) is 19.9 Å². The number of nitrogens with zero attached hydrogens (tertiary/aromatic N) is 3. The van der Waals surface area contributed by atoms with Crippen LogP contribution in [0.15, 0.2) is 0 Å². The highest BCUT2D eigenvalue weighted by Gasteiger charge is 2.25. The van der Waals surface area contributed by atoms with E-state index in [1.807, 2.05) is 6.92 Å². The van der Waals surface area contributed by atoms with Gasteiger partial charge in [0, 0.05) is 39.8 Å². The van der Waals surface area contributed by atoms with Gasteiger partial charge >= 0.3 is 12.0 Å². The molecule has 1 aliphatic rings. The fourth-order valence-electron chi connectivity index (χ4n) is 2.13. The third-order valence-corrected chi connectivity index (χ3v) is 3.58. The van der Waals surface area contributed by atoms with Crippen molar-refractivity contribution in [1.82, 2.24) is 20.0 Å². The van der Waals surface area contributed by atoms with E-state index < -0.39 is 12.0 Å². The minimum Gasteiger partial charge on any atom is -0.480 e. The Balaban J connectivity index is 2.40. The molecule has 0 saturated carbocycles. The second-order valence-corrected chi connectivity index (χ2v) is 5.18. The summed E-state index contributed by atoms with van der Waals surface area (Å²) in [6, 6.07) is -0.852. The fraction of sp³-hybridized carbons (Fsp3) is 0.769.